The molecule has 3 heteroatoms. The van der Waals surface area contributed by atoms with Gasteiger partial charge in [-0.05, 0) is 13.3 Å². The molecule has 0 aliphatic carbocycles. The molecule has 0 aromatic carbocycles. The number of unbranched alkanes of at least 4 members (excludes halogenated alkanes) is 3. The van der Waals surface area contributed by atoms with E-state index in [0.717, 1.165) is 12.8 Å². The van der Waals surface area contributed by atoms with Crippen molar-refractivity contribution in [2.45, 2.75) is 52.9 Å². The molecule has 0 aliphatic rings. The normalized spacial score (nSPS) is 12.2. The minimum Gasteiger partial charge on any atom is -0.512 e. The average molecular weight is 214 g/mol. The van der Waals surface area contributed by atoms with E-state index in [4.69, 9.17) is 4.74 Å². The third-order valence-corrected chi connectivity index (χ3v) is 2.30. The van der Waals surface area contributed by atoms with E-state index in [1.165, 1.54) is 12.8 Å². The van der Waals surface area contributed by atoms with Gasteiger partial charge in [0, 0.05) is 6.42 Å². The van der Waals surface area contributed by atoms with Gasteiger partial charge in [0.15, 0.2) is 0 Å². The lowest BCUT2D eigenvalue weighted by Gasteiger charge is -2.06. The summed E-state index contributed by atoms with van der Waals surface area (Å²) in [4.78, 5) is 11.3. The molecular formula is C12H22O3. The van der Waals surface area contributed by atoms with Crippen LogP contribution in [0.15, 0.2) is 11.3 Å². The predicted molar refractivity (Wildman–Crippen MR) is 60.7 cm³/mol. The SMILES string of the molecule is CCCCCCOC(=O)/C(C)=C(/O)CC. The summed E-state index contributed by atoms with van der Waals surface area (Å²) in [6, 6.07) is 0. The van der Waals surface area contributed by atoms with Crippen LogP contribution in [0.5, 0.6) is 0 Å². The summed E-state index contributed by atoms with van der Waals surface area (Å²) in [5.41, 5.74) is 0.327. The Morgan fingerprint density at radius 2 is 1.87 bits per heavy atom. The summed E-state index contributed by atoms with van der Waals surface area (Å²) in [7, 11) is 0. The van der Waals surface area contributed by atoms with Crippen molar-refractivity contribution in [3.63, 3.8) is 0 Å². The quantitative estimate of drug-likeness (QED) is 0.306. The van der Waals surface area contributed by atoms with Crippen LogP contribution in [-0.2, 0) is 9.53 Å². The van der Waals surface area contributed by atoms with Crippen molar-refractivity contribution >= 4 is 5.97 Å². The number of aliphatic hydroxyl groups excluding tert-OH is 1. The van der Waals surface area contributed by atoms with E-state index < -0.39 is 5.97 Å². The van der Waals surface area contributed by atoms with Crippen molar-refractivity contribution in [1.29, 1.82) is 0 Å². The van der Waals surface area contributed by atoms with Gasteiger partial charge in [0.2, 0.25) is 0 Å². The summed E-state index contributed by atoms with van der Waals surface area (Å²) in [6.45, 7) is 5.98. The molecule has 0 atom stereocenters. The second-order valence-corrected chi connectivity index (χ2v) is 3.62. The van der Waals surface area contributed by atoms with Gasteiger partial charge in [-0.2, -0.15) is 0 Å². The van der Waals surface area contributed by atoms with Crippen LogP contribution in [-0.4, -0.2) is 17.7 Å². The van der Waals surface area contributed by atoms with Crippen molar-refractivity contribution < 1.29 is 14.6 Å². The number of esters is 1. The topological polar surface area (TPSA) is 46.5 Å². The highest BCUT2D eigenvalue weighted by molar-refractivity contribution is 5.88. The lowest BCUT2D eigenvalue weighted by atomic mass is 10.2. The molecule has 88 valence electrons. The van der Waals surface area contributed by atoms with Gasteiger partial charge in [0.1, 0.15) is 5.76 Å². The molecule has 0 spiro atoms. The number of aliphatic hydroxyl groups is 1. The largest absolute Gasteiger partial charge is 0.512 e. The fourth-order valence-corrected chi connectivity index (χ4v) is 1.18. The molecule has 0 aromatic rings. The number of carbonyl (C=O) groups excluding carboxylic acids is 1. The van der Waals surface area contributed by atoms with Gasteiger partial charge in [-0.3, -0.25) is 0 Å². The van der Waals surface area contributed by atoms with Crippen LogP contribution in [0, 0.1) is 0 Å². The Bertz CT molecular complexity index is 219. The summed E-state index contributed by atoms with van der Waals surface area (Å²) < 4.78 is 5.02. The van der Waals surface area contributed by atoms with Crippen LogP contribution in [0.3, 0.4) is 0 Å². The minimum absolute atomic E-state index is 0.119. The Morgan fingerprint density at radius 1 is 1.20 bits per heavy atom. The van der Waals surface area contributed by atoms with E-state index in [2.05, 4.69) is 6.92 Å². The van der Waals surface area contributed by atoms with Gasteiger partial charge in [-0.25, -0.2) is 4.79 Å². The van der Waals surface area contributed by atoms with E-state index >= 15 is 0 Å². The molecule has 0 fully saturated rings. The smallest absolute Gasteiger partial charge is 0.337 e. The number of carbonyl (C=O) groups is 1. The molecule has 3 nitrogen and oxygen atoms in total. The summed E-state index contributed by atoms with van der Waals surface area (Å²) in [5, 5.41) is 9.32. The maximum Gasteiger partial charge on any atom is 0.337 e. The zero-order valence-corrected chi connectivity index (χ0v) is 10.0. The second kappa shape index (κ2) is 8.33. The first-order valence-electron chi connectivity index (χ1n) is 5.69. The van der Waals surface area contributed by atoms with Gasteiger partial charge in [-0.15, -0.1) is 0 Å². The molecule has 0 heterocycles. The molecule has 0 amide bonds. The lowest BCUT2D eigenvalue weighted by Crippen LogP contribution is -2.09. The molecule has 0 unspecified atom stereocenters. The van der Waals surface area contributed by atoms with Gasteiger partial charge in [0.25, 0.3) is 0 Å². The van der Waals surface area contributed by atoms with Crippen molar-refractivity contribution in [3.8, 4) is 0 Å². The van der Waals surface area contributed by atoms with E-state index in [9.17, 15) is 9.90 Å². The van der Waals surface area contributed by atoms with Gasteiger partial charge in [0.05, 0.1) is 12.2 Å². The molecule has 0 rings (SSSR count). The average Bonchev–Trinajstić information content (AvgIpc) is 2.26. The summed E-state index contributed by atoms with van der Waals surface area (Å²) in [6.07, 6.45) is 4.80. The first-order chi connectivity index (χ1) is 7.13. The van der Waals surface area contributed by atoms with E-state index in [1.807, 2.05) is 0 Å². The second-order valence-electron chi connectivity index (χ2n) is 3.62. The van der Waals surface area contributed by atoms with Gasteiger partial charge < -0.3 is 9.84 Å². The monoisotopic (exact) mass is 214 g/mol. The number of allylic oxidation sites excluding steroid dienone is 1. The van der Waals surface area contributed by atoms with Gasteiger partial charge in [-0.1, -0.05) is 33.1 Å². The molecule has 0 aromatic heterocycles. The maximum absolute atomic E-state index is 11.3. The number of hydrogen-bond donors (Lipinski definition) is 1. The van der Waals surface area contributed by atoms with Crippen molar-refractivity contribution in [2.24, 2.45) is 0 Å². The zero-order valence-electron chi connectivity index (χ0n) is 10.0. The number of rotatable bonds is 7. The Kier molecular flexibility index (Phi) is 7.78. The zero-order chi connectivity index (χ0) is 11.7. The first kappa shape index (κ1) is 14.0. The Morgan fingerprint density at radius 3 is 2.40 bits per heavy atom. The highest BCUT2D eigenvalue weighted by Gasteiger charge is 2.09. The lowest BCUT2D eigenvalue weighted by molar-refractivity contribution is -0.139. The van der Waals surface area contributed by atoms with Crippen molar-refractivity contribution in [3.05, 3.63) is 11.3 Å². The third kappa shape index (κ3) is 6.15. The molecule has 1 N–H and O–H groups in total. The summed E-state index contributed by atoms with van der Waals surface area (Å²) >= 11 is 0. The van der Waals surface area contributed by atoms with E-state index in [-0.39, 0.29) is 5.76 Å². The summed E-state index contributed by atoms with van der Waals surface area (Å²) in [5.74, 6) is -0.278. The third-order valence-electron chi connectivity index (χ3n) is 2.30. The number of ether oxygens (including phenoxy) is 1. The van der Waals surface area contributed by atoms with Crippen LogP contribution < -0.4 is 0 Å². The minimum atomic E-state index is -0.397. The molecule has 15 heavy (non-hydrogen) atoms. The predicted octanol–water partition coefficient (Wildman–Crippen LogP) is 3.35. The highest BCUT2D eigenvalue weighted by Crippen LogP contribution is 2.07. The molecule has 0 bridgehead atoms. The maximum atomic E-state index is 11.3. The van der Waals surface area contributed by atoms with Crippen molar-refractivity contribution in [1.82, 2.24) is 0 Å². The van der Waals surface area contributed by atoms with Crippen molar-refractivity contribution in [2.75, 3.05) is 6.61 Å². The highest BCUT2D eigenvalue weighted by atomic mass is 16.5. The molecule has 0 saturated heterocycles. The fourth-order valence-electron chi connectivity index (χ4n) is 1.18. The van der Waals surface area contributed by atoms with Crippen LogP contribution in [0.4, 0.5) is 0 Å². The Balaban J connectivity index is 3.75. The molecule has 0 aliphatic heterocycles. The van der Waals surface area contributed by atoms with Crippen LogP contribution in [0.2, 0.25) is 0 Å². The Hall–Kier alpha value is -0.990. The number of hydrogen-bond acceptors (Lipinski definition) is 3. The first-order valence-corrected chi connectivity index (χ1v) is 5.69. The molecule has 0 saturated carbocycles. The van der Waals surface area contributed by atoms with Gasteiger partial charge >= 0.3 is 5.97 Å². The molecule has 0 radical (unpaired) electrons. The van der Waals surface area contributed by atoms with E-state index in [0.29, 0.717) is 18.6 Å². The fraction of sp³-hybridized carbons (Fsp3) is 0.750. The van der Waals surface area contributed by atoms with E-state index in [1.54, 1.807) is 13.8 Å². The van der Waals surface area contributed by atoms with Crippen LogP contribution >= 0.6 is 0 Å². The van der Waals surface area contributed by atoms with Crippen LogP contribution in [0.1, 0.15) is 52.9 Å². The standard InChI is InChI=1S/C12H22O3/c1-4-6-7-8-9-15-12(14)10(3)11(13)5-2/h13H,4-9H2,1-3H3/b11-10+. The molecular weight excluding hydrogens is 192 g/mol. The Labute approximate surface area is 92.1 Å². The van der Waals surface area contributed by atoms with Crippen LogP contribution in [0.25, 0.3) is 0 Å².